The van der Waals surface area contributed by atoms with Crippen LogP contribution in [-0.2, 0) is 6.54 Å². The highest BCUT2D eigenvalue weighted by Gasteiger charge is 2.13. The Morgan fingerprint density at radius 2 is 2.24 bits per heavy atom. The first kappa shape index (κ1) is 12.2. The lowest BCUT2D eigenvalue weighted by atomic mass is 10.3. The maximum absolute atomic E-state index is 4.06. The van der Waals surface area contributed by atoms with Crippen molar-refractivity contribution in [1.82, 2.24) is 25.5 Å². The van der Waals surface area contributed by atoms with E-state index in [-0.39, 0.29) is 6.04 Å². The number of aromatic nitrogens is 4. The smallest absolute Gasteiger partial charge is 0.168 e. The van der Waals surface area contributed by atoms with E-state index in [4.69, 9.17) is 0 Å². The lowest BCUT2D eigenvalue weighted by Crippen LogP contribution is -2.18. The van der Waals surface area contributed by atoms with E-state index in [2.05, 4.69) is 40.8 Å². The Hall–Kier alpha value is -1.27. The first-order chi connectivity index (χ1) is 8.11. The van der Waals surface area contributed by atoms with Crippen molar-refractivity contribution in [1.29, 1.82) is 0 Å². The van der Waals surface area contributed by atoms with Crippen LogP contribution < -0.4 is 5.32 Å². The predicted molar refractivity (Wildman–Crippen MR) is 68.2 cm³/mol. The Morgan fingerprint density at radius 1 is 1.47 bits per heavy atom. The van der Waals surface area contributed by atoms with Gasteiger partial charge >= 0.3 is 0 Å². The minimum atomic E-state index is 0.159. The summed E-state index contributed by atoms with van der Waals surface area (Å²) in [7, 11) is 1.91. The Kier molecular flexibility index (Phi) is 3.54. The predicted octanol–water partition coefficient (Wildman–Crippen LogP) is 1.68. The summed E-state index contributed by atoms with van der Waals surface area (Å²) in [6, 6.07) is 2.36. The Balaban J connectivity index is 2.21. The second-order valence-corrected chi connectivity index (χ2v) is 5.50. The molecule has 17 heavy (non-hydrogen) atoms. The van der Waals surface area contributed by atoms with Gasteiger partial charge in [0.25, 0.3) is 0 Å². The molecule has 2 aromatic heterocycles. The Labute approximate surface area is 105 Å². The minimum Gasteiger partial charge on any atom is -0.311 e. The van der Waals surface area contributed by atoms with E-state index >= 15 is 0 Å². The standard InChI is InChI=1S/C11H17N5S/c1-7-5-10(17-9(7)3)6-16-11(8(2)12-4)13-14-15-16/h5,8,12H,6H2,1-4H3. The molecule has 1 N–H and O–H groups in total. The van der Waals surface area contributed by atoms with Crippen LogP contribution in [0.25, 0.3) is 0 Å². The molecular weight excluding hydrogens is 234 g/mol. The summed E-state index contributed by atoms with van der Waals surface area (Å²) in [6.07, 6.45) is 0. The number of hydrogen-bond donors (Lipinski definition) is 1. The van der Waals surface area contributed by atoms with Gasteiger partial charge in [-0.3, -0.25) is 0 Å². The second-order valence-electron chi connectivity index (χ2n) is 4.16. The number of aryl methyl sites for hydroxylation is 2. The van der Waals surface area contributed by atoms with Gasteiger partial charge < -0.3 is 5.32 Å². The van der Waals surface area contributed by atoms with Crippen LogP contribution in [0.15, 0.2) is 6.07 Å². The fourth-order valence-corrected chi connectivity index (χ4v) is 2.67. The zero-order chi connectivity index (χ0) is 12.4. The van der Waals surface area contributed by atoms with Crippen LogP contribution >= 0.6 is 11.3 Å². The highest BCUT2D eigenvalue weighted by atomic mass is 32.1. The first-order valence-corrected chi connectivity index (χ1v) is 6.42. The summed E-state index contributed by atoms with van der Waals surface area (Å²) in [4.78, 5) is 2.65. The van der Waals surface area contributed by atoms with Crippen LogP contribution in [0.5, 0.6) is 0 Å². The zero-order valence-corrected chi connectivity index (χ0v) is 11.4. The number of rotatable bonds is 4. The molecule has 1 atom stereocenters. The third kappa shape index (κ3) is 2.53. The molecule has 0 aromatic carbocycles. The topological polar surface area (TPSA) is 55.6 Å². The van der Waals surface area contributed by atoms with Crippen molar-refractivity contribution in [3.05, 3.63) is 27.2 Å². The molecule has 2 rings (SSSR count). The molecule has 0 amide bonds. The molecule has 6 heteroatoms. The third-order valence-electron chi connectivity index (χ3n) is 2.90. The van der Waals surface area contributed by atoms with Gasteiger partial charge in [-0.25, -0.2) is 4.68 Å². The van der Waals surface area contributed by atoms with E-state index in [0.29, 0.717) is 0 Å². The van der Waals surface area contributed by atoms with E-state index < -0.39 is 0 Å². The van der Waals surface area contributed by atoms with Crippen LogP contribution in [0.2, 0.25) is 0 Å². The monoisotopic (exact) mass is 251 g/mol. The number of thiophene rings is 1. The van der Waals surface area contributed by atoms with Crippen molar-refractivity contribution < 1.29 is 0 Å². The molecule has 0 saturated carbocycles. The molecule has 0 aliphatic rings. The molecule has 0 spiro atoms. The molecule has 0 aliphatic carbocycles. The normalized spacial score (nSPS) is 12.9. The van der Waals surface area contributed by atoms with Gasteiger partial charge in [-0.05, 0) is 49.9 Å². The molecule has 1 unspecified atom stereocenters. The summed E-state index contributed by atoms with van der Waals surface area (Å²) in [6.45, 7) is 7.06. The molecule has 2 aromatic rings. The van der Waals surface area contributed by atoms with Crippen LogP contribution in [0.4, 0.5) is 0 Å². The second kappa shape index (κ2) is 4.93. The number of nitrogens with one attached hydrogen (secondary N) is 1. The Bertz CT molecular complexity index is 482. The van der Waals surface area contributed by atoms with Crippen molar-refractivity contribution in [2.75, 3.05) is 7.05 Å². The molecule has 0 aliphatic heterocycles. The molecule has 0 saturated heterocycles. The largest absolute Gasteiger partial charge is 0.311 e. The maximum Gasteiger partial charge on any atom is 0.168 e. The van der Waals surface area contributed by atoms with E-state index in [1.165, 1.54) is 15.3 Å². The zero-order valence-electron chi connectivity index (χ0n) is 10.6. The molecule has 0 radical (unpaired) electrons. The van der Waals surface area contributed by atoms with Gasteiger partial charge in [0.2, 0.25) is 0 Å². The maximum atomic E-state index is 4.06. The minimum absolute atomic E-state index is 0.159. The van der Waals surface area contributed by atoms with Gasteiger partial charge in [-0.1, -0.05) is 0 Å². The molecule has 0 fully saturated rings. The van der Waals surface area contributed by atoms with E-state index in [1.54, 1.807) is 11.3 Å². The molecule has 92 valence electrons. The molecule has 5 nitrogen and oxygen atoms in total. The van der Waals surface area contributed by atoms with E-state index in [9.17, 15) is 0 Å². The summed E-state index contributed by atoms with van der Waals surface area (Å²) in [5.74, 6) is 0.871. The van der Waals surface area contributed by atoms with Gasteiger partial charge in [0.1, 0.15) is 0 Å². The van der Waals surface area contributed by atoms with Crippen LogP contribution in [0, 0.1) is 13.8 Å². The highest BCUT2D eigenvalue weighted by Crippen LogP contribution is 2.21. The summed E-state index contributed by atoms with van der Waals surface area (Å²) in [5, 5.41) is 15.0. The van der Waals surface area contributed by atoms with Crippen LogP contribution in [0.1, 0.15) is 34.1 Å². The lowest BCUT2D eigenvalue weighted by Gasteiger charge is -2.09. The van der Waals surface area contributed by atoms with Gasteiger partial charge in [0.15, 0.2) is 5.82 Å². The lowest BCUT2D eigenvalue weighted by molar-refractivity contribution is 0.542. The summed E-state index contributed by atoms with van der Waals surface area (Å²) >= 11 is 1.80. The van der Waals surface area contributed by atoms with Crippen molar-refractivity contribution >= 4 is 11.3 Å². The summed E-state index contributed by atoms with van der Waals surface area (Å²) < 4.78 is 1.85. The van der Waals surface area contributed by atoms with Crippen LogP contribution in [-0.4, -0.2) is 27.3 Å². The van der Waals surface area contributed by atoms with Crippen molar-refractivity contribution in [3.63, 3.8) is 0 Å². The third-order valence-corrected chi connectivity index (χ3v) is 4.04. The van der Waals surface area contributed by atoms with Gasteiger partial charge in [-0.15, -0.1) is 16.4 Å². The van der Waals surface area contributed by atoms with Gasteiger partial charge in [-0.2, -0.15) is 0 Å². The SMILES string of the molecule is CNC(C)c1nnnn1Cc1cc(C)c(C)s1. The fraction of sp³-hybridized carbons (Fsp3) is 0.545. The first-order valence-electron chi connectivity index (χ1n) is 5.61. The van der Waals surface area contributed by atoms with Crippen molar-refractivity contribution in [3.8, 4) is 0 Å². The van der Waals surface area contributed by atoms with Gasteiger partial charge in [0.05, 0.1) is 12.6 Å². The fourth-order valence-electron chi connectivity index (χ4n) is 1.64. The molecule has 2 heterocycles. The molecule has 0 bridgehead atoms. The average molecular weight is 251 g/mol. The molecular formula is C11H17N5S. The van der Waals surface area contributed by atoms with E-state index in [1.807, 2.05) is 18.7 Å². The van der Waals surface area contributed by atoms with Gasteiger partial charge in [0, 0.05) is 9.75 Å². The Morgan fingerprint density at radius 3 is 2.82 bits per heavy atom. The number of hydrogen-bond acceptors (Lipinski definition) is 5. The highest BCUT2D eigenvalue weighted by molar-refractivity contribution is 7.12. The summed E-state index contributed by atoms with van der Waals surface area (Å²) in [5.41, 5.74) is 1.33. The quantitative estimate of drug-likeness (QED) is 0.898. The number of nitrogens with zero attached hydrogens (tertiary/aromatic N) is 4. The average Bonchev–Trinajstić information content (AvgIpc) is 2.86. The number of tetrazole rings is 1. The van der Waals surface area contributed by atoms with E-state index in [0.717, 1.165) is 12.4 Å². The van der Waals surface area contributed by atoms with Crippen LogP contribution in [0.3, 0.4) is 0 Å². The van der Waals surface area contributed by atoms with Crippen molar-refractivity contribution in [2.45, 2.75) is 33.4 Å². The van der Waals surface area contributed by atoms with Crippen molar-refractivity contribution in [2.24, 2.45) is 0 Å².